The van der Waals surface area contributed by atoms with Gasteiger partial charge in [0.2, 0.25) is 0 Å². The predicted octanol–water partition coefficient (Wildman–Crippen LogP) is 18.6. The molecule has 73 heavy (non-hydrogen) atoms. The number of aliphatic hydroxyl groups excluding tert-OH is 1. The number of carbonyl (C=O) groups is 2. The largest absolute Gasteiger partial charge is 0.465 e. The first-order valence-corrected chi connectivity index (χ1v) is 32.0. The number of ether oxygens (including phenoxy) is 2. The maximum Gasteiger partial charge on any atom is 0.305 e. The molecule has 7 heteroatoms. The second-order valence-corrected chi connectivity index (χ2v) is 22.2. The molecule has 0 aromatic carbocycles. The number of hydrogen-bond donors (Lipinski definition) is 1. The molecule has 0 unspecified atom stereocenters. The van der Waals surface area contributed by atoms with Gasteiger partial charge in [-0.2, -0.15) is 0 Å². The van der Waals surface area contributed by atoms with E-state index in [-0.39, 0.29) is 18.5 Å². The van der Waals surface area contributed by atoms with Gasteiger partial charge in [0.05, 0.1) is 19.8 Å². The number of unbranched alkanes of at least 4 members (excludes halogenated alkanes) is 20. The fourth-order valence-electron chi connectivity index (χ4n) is 10.5. The maximum atomic E-state index is 13.0. The Morgan fingerprint density at radius 1 is 0.425 bits per heavy atom. The van der Waals surface area contributed by atoms with E-state index in [1.165, 1.54) is 148 Å². The molecule has 1 rings (SSSR count). The summed E-state index contributed by atoms with van der Waals surface area (Å²) in [6, 6.07) is 0.639. The van der Waals surface area contributed by atoms with Crippen molar-refractivity contribution in [3.8, 4) is 0 Å². The summed E-state index contributed by atoms with van der Waals surface area (Å²) in [5, 5.41) is 10.00. The molecule has 0 aromatic rings. The van der Waals surface area contributed by atoms with Gasteiger partial charge in [0.15, 0.2) is 0 Å². The highest BCUT2D eigenvalue weighted by Gasteiger charge is 2.22. The molecular formula is C66H122N2O5. The summed E-state index contributed by atoms with van der Waals surface area (Å²) in [5.74, 6) is 0.837. The van der Waals surface area contributed by atoms with Crippen molar-refractivity contribution in [1.29, 1.82) is 0 Å². The molecule has 0 amide bonds. The lowest BCUT2D eigenvalue weighted by Crippen LogP contribution is -2.43. The quantitative estimate of drug-likeness (QED) is 0.0369. The van der Waals surface area contributed by atoms with Crippen LogP contribution in [0.5, 0.6) is 0 Å². The highest BCUT2D eigenvalue weighted by Crippen LogP contribution is 2.24. The molecule has 0 bridgehead atoms. The topological polar surface area (TPSA) is 79.3 Å². The van der Waals surface area contributed by atoms with Crippen LogP contribution in [0.3, 0.4) is 0 Å². The molecule has 0 radical (unpaired) electrons. The maximum absolute atomic E-state index is 13.0. The molecule has 7 nitrogen and oxygen atoms in total. The van der Waals surface area contributed by atoms with Gasteiger partial charge in [-0.15, -0.1) is 0 Å². The van der Waals surface area contributed by atoms with E-state index < -0.39 is 0 Å². The Kier molecular flexibility index (Phi) is 51.4. The average molecular weight is 1020 g/mol. The third kappa shape index (κ3) is 45.7. The van der Waals surface area contributed by atoms with Crippen molar-refractivity contribution in [2.75, 3.05) is 52.5 Å². The highest BCUT2D eigenvalue weighted by molar-refractivity contribution is 5.69. The van der Waals surface area contributed by atoms with E-state index in [0.717, 1.165) is 129 Å². The van der Waals surface area contributed by atoms with Crippen LogP contribution in [-0.4, -0.2) is 85.4 Å². The van der Waals surface area contributed by atoms with E-state index >= 15 is 0 Å². The summed E-state index contributed by atoms with van der Waals surface area (Å²) in [7, 11) is 0. The van der Waals surface area contributed by atoms with Gasteiger partial charge < -0.3 is 14.6 Å². The second-order valence-electron chi connectivity index (χ2n) is 22.2. The Hall–Kier alpha value is -2.22. The number of rotatable bonds is 54. The molecule has 0 aliphatic heterocycles. The zero-order valence-electron chi connectivity index (χ0n) is 49.0. The van der Waals surface area contributed by atoms with Gasteiger partial charge in [0.1, 0.15) is 0 Å². The highest BCUT2D eigenvalue weighted by atomic mass is 16.5. The van der Waals surface area contributed by atoms with Crippen molar-refractivity contribution in [2.24, 2.45) is 11.8 Å². The van der Waals surface area contributed by atoms with Gasteiger partial charge in [0.25, 0.3) is 0 Å². The summed E-state index contributed by atoms with van der Waals surface area (Å²) in [6.07, 6.45) is 66.4. The molecular weight excluding hydrogens is 901 g/mol. The smallest absolute Gasteiger partial charge is 0.305 e. The van der Waals surface area contributed by atoms with Crippen LogP contribution in [0.15, 0.2) is 48.6 Å². The number of nitrogens with zero attached hydrogens (tertiary/aromatic N) is 2. The number of esters is 2. The van der Waals surface area contributed by atoms with Gasteiger partial charge >= 0.3 is 11.9 Å². The number of carbonyl (C=O) groups excluding carboxylic acids is 2. The van der Waals surface area contributed by atoms with E-state index in [1.807, 2.05) is 0 Å². The molecule has 0 atom stereocenters. The van der Waals surface area contributed by atoms with Crippen LogP contribution >= 0.6 is 0 Å². The number of hydrogen-bond acceptors (Lipinski definition) is 7. The summed E-state index contributed by atoms with van der Waals surface area (Å²) >= 11 is 0. The van der Waals surface area contributed by atoms with Crippen molar-refractivity contribution in [3.63, 3.8) is 0 Å². The molecule has 0 spiro atoms. The minimum atomic E-state index is -0.0396. The third-order valence-corrected chi connectivity index (χ3v) is 15.3. The first-order chi connectivity index (χ1) is 36.0. The fraction of sp³-hybridized carbons (Fsp3) is 0.848. The standard InChI is InChI=1S/C66H122N2O5/c1-5-9-13-17-21-25-29-36-46-62(47-37-30-26-22-18-14-10-6-2)60-72-65(70)52-42-34-44-54-67(58-59-69)56-57-68(64-50-40-33-41-51-64)55-45-35-43-53-66(71)73-61-63(48-38-31-27-23-19-15-11-7-3)49-39-32-28-24-20-16-12-8-4/h21-28,62-64,69H,5-20,29-61H2,1-4H3/b25-21-,26-22-,27-23-,28-24-. The first-order valence-electron chi connectivity index (χ1n) is 32.0. The SMILES string of the molecule is CCCCC/C=C\CCCC(CCC/C=C\CCCCC)COC(=O)CCCCCN(CCO)CCN(CCCCCC(=O)OCC(CCC/C=C\CCCCC)CCC/C=C\CCCCC)C1CCCCC1. The van der Waals surface area contributed by atoms with Crippen LogP contribution in [0.1, 0.15) is 291 Å². The Morgan fingerprint density at radius 3 is 1.16 bits per heavy atom. The summed E-state index contributed by atoms with van der Waals surface area (Å²) in [4.78, 5) is 31.1. The van der Waals surface area contributed by atoms with Crippen LogP contribution in [0.2, 0.25) is 0 Å². The lowest BCUT2D eigenvalue weighted by atomic mass is 9.94. The zero-order chi connectivity index (χ0) is 52.8. The van der Waals surface area contributed by atoms with Gasteiger partial charge in [-0.25, -0.2) is 0 Å². The van der Waals surface area contributed by atoms with Crippen molar-refractivity contribution in [1.82, 2.24) is 9.80 Å². The van der Waals surface area contributed by atoms with Gasteiger partial charge in [-0.05, 0) is 192 Å². The molecule has 1 aliphatic rings. The number of aliphatic hydroxyl groups is 1. The van der Waals surface area contributed by atoms with E-state index in [4.69, 9.17) is 9.47 Å². The molecule has 0 aromatic heterocycles. The summed E-state index contributed by atoms with van der Waals surface area (Å²) in [6.45, 7) is 15.0. The van der Waals surface area contributed by atoms with Crippen LogP contribution in [0.25, 0.3) is 0 Å². The minimum Gasteiger partial charge on any atom is -0.465 e. The molecule has 1 fully saturated rings. The predicted molar refractivity (Wildman–Crippen MR) is 316 cm³/mol. The van der Waals surface area contributed by atoms with E-state index in [2.05, 4.69) is 86.1 Å². The lowest BCUT2D eigenvalue weighted by Gasteiger charge is -2.36. The van der Waals surface area contributed by atoms with Crippen molar-refractivity contribution in [3.05, 3.63) is 48.6 Å². The van der Waals surface area contributed by atoms with Gasteiger partial charge in [0, 0.05) is 38.5 Å². The van der Waals surface area contributed by atoms with E-state index in [0.29, 0.717) is 50.5 Å². The molecule has 1 saturated carbocycles. The minimum absolute atomic E-state index is 0.0178. The van der Waals surface area contributed by atoms with Crippen molar-refractivity contribution in [2.45, 2.75) is 297 Å². The summed E-state index contributed by atoms with van der Waals surface area (Å²) in [5.41, 5.74) is 0. The Balaban J connectivity index is 2.52. The Labute approximate surface area is 454 Å². The normalized spacial score (nSPS) is 13.8. The van der Waals surface area contributed by atoms with Crippen LogP contribution < -0.4 is 0 Å². The molecule has 1 N–H and O–H groups in total. The molecule has 0 heterocycles. The third-order valence-electron chi connectivity index (χ3n) is 15.3. The summed E-state index contributed by atoms with van der Waals surface area (Å²) < 4.78 is 11.9. The molecule has 426 valence electrons. The van der Waals surface area contributed by atoms with Crippen molar-refractivity contribution >= 4 is 11.9 Å². The average Bonchev–Trinajstić information content (AvgIpc) is 3.40. The van der Waals surface area contributed by atoms with Crippen LogP contribution in [-0.2, 0) is 19.1 Å². The van der Waals surface area contributed by atoms with Crippen molar-refractivity contribution < 1.29 is 24.2 Å². The number of allylic oxidation sites excluding steroid dienone is 8. The fourth-order valence-corrected chi connectivity index (χ4v) is 10.5. The first kappa shape index (κ1) is 68.8. The van der Waals surface area contributed by atoms with E-state index in [9.17, 15) is 14.7 Å². The molecule has 0 saturated heterocycles. The zero-order valence-corrected chi connectivity index (χ0v) is 49.0. The molecule has 1 aliphatic carbocycles. The monoisotopic (exact) mass is 1020 g/mol. The van der Waals surface area contributed by atoms with Gasteiger partial charge in [-0.1, -0.05) is 160 Å². The second kappa shape index (κ2) is 54.6. The lowest BCUT2D eigenvalue weighted by molar-refractivity contribution is -0.146. The van der Waals surface area contributed by atoms with Gasteiger partial charge in [-0.3, -0.25) is 19.4 Å². The Bertz CT molecular complexity index is 1250. The van der Waals surface area contributed by atoms with Crippen LogP contribution in [0, 0.1) is 11.8 Å². The Morgan fingerprint density at radius 2 is 0.795 bits per heavy atom. The van der Waals surface area contributed by atoms with E-state index in [1.54, 1.807) is 0 Å². The van der Waals surface area contributed by atoms with Crippen LogP contribution in [0.4, 0.5) is 0 Å².